The second-order valence-corrected chi connectivity index (χ2v) is 2.91. The minimum Gasteiger partial charge on any atom is -0.503 e. The van der Waals surface area contributed by atoms with Gasteiger partial charge in [-0.25, -0.2) is 8.78 Å². The quantitative estimate of drug-likeness (QED) is 0.820. The van der Waals surface area contributed by atoms with Gasteiger partial charge in [-0.05, 0) is 0 Å². The molecule has 0 saturated heterocycles. The summed E-state index contributed by atoms with van der Waals surface area (Å²) in [6.45, 7) is 0. The van der Waals surface area contributed by atoms with Gasteiger partial charge in [0.25, 0.3) is 6.43 Å². The van der Waals surface area contributed by atoms with E-state index >= 15 is 0 Å². The molecule has 0 unspecified atom stereocenters. The van der Waals surface area contributed by atoms with Crippen molar-refractivity contribution < 1.29 is 28.5 Å². The van der Waals surface area contributed by atoms with Crippen molar-refractivity contribution in [1.29, 1.82) is 0 Å². The van der Waals surface area contributed by atoms with Crippen molar-refractivity contribution in [3.8, 4) is 11.5 Å². The van der Waals surface area contributed by atoms with Gasteiger partial charge in [0.1, 0.15) is 0 Å². The number of carbonyl (C=O) groups is 1. The topological polar surface area (TPSA) is 79.7 Å². The summed E-state index contributed by atoms with van der Waals surface area (Å²) in [5.41, 5.74) is -0.789. The van der Waals surface area contributed by atoms with E-state index in [1.165, 1.54) is 0 Å². The van der Waals surface area contributed by atoms with Crippen molar-refractivity contribution in [2.75, 3.05) is 7.11 Å². The number of ether oxygens (including phenoxy) is 1. The van der Waals surface area contributed by atoms with Gasteiger partial charge >= 0.3 is 5.97 Å². The van der Waals surface area contributed by atoms with E-state index < -0.39 is 35.9 Å². The zero-order valence-corrected chi connectivity index (χ0v) is 8.28. The van der Waals surface area contributed by atoms with Gasteiger partial charge in [-0.3, -0.25) is 9.78 Å². The van der Waals surface area contributed by atoms with Crippen LogP contribution >= 0.6 is 0 Å². The Hall–Kier alpha value is -1.92. The molecule has 16 heavy (non-hydrogen) atoms. The molecule has 1 heterocycles. The Balaban J connectivity index is 3.23. The van der Waals surface area contributed by atoms with E-state index in [-0.39, 0.29) is 5.69 Å². The first kappa shape index (κ1) is 12.2. The maximum atomic E-state index is 12.4. The number of alkyl halides is 2. The molecule has 0 saturated carbocycles. The van der Waals surface area contributed by atoms with Gasteiger partial charge in [-0.15, -0.1) is 0 Å². The predicted molar refractivity (Wildman–Crippen MR) is 48.8 cm³/mol. The second kappa shape index (κ2) is 4.73. The van der Waals surface area contributed by atoms with Crippen LogP contribution in [0.5, 0.6) is 11.5 Å². The van der Waals surface area contributed by atoms with E-state index in [4.69, 9.17) is 5.11 Å². The van der Waals surface area contributed by atoms with Crippen molar-refractivity contribution in [2.45, 2.75) is 12.8 Å². The molecule has 1 aromatic heterocycles. The highest BCUT2D eigenvalue weighted by Crippen LogP contribution is 2.37. The number of aromatic nitrogens is 1. The van der Waals surface area contributed by atoms with E-state index in [9.17, 15) is 18.7 Å². The fraction of sp³-hybridized carbons (Fsp3) is 0.333. The van der Waals surface area contributed by atoms with Crippen LogP contribution in [-0.4, -0.2) is 28.3 Å². The smallest absolute Gasteiger partial charge is 0.309 e. The van der Waals surface area contributed by atoms with E-state index in [0.717, 1.165) is 13.3 Å². The van der Waals surface area contributed by atoms with Crippen LogP contribution in [0.2, 0.25) is 0 Å². The first-order valence-electron chi connectivity index (χ1n) is 4.22. The lowest BCUT2D eigenvalue weighted by Gasteiger charge is -2.11. The fourth-order valence-corrected chi connectivity index (χ4v) is 1.18. The number of aliphatic carboxylic acids is 1. The van der Waals surface area contributed by atoms with E-state index in [2.05, 4.69) is 9.72 Å². The number of hydrogen-bond donors (Lipinski definition) is 2. The molecule has 2 N–H and O–H groups in total. The highest BCUT2D eigenvalue weighted by atomic mass is 19.3. The van der Waals surface area contributed by atoms with Crippen LogP contribution in [0.3, 0.4) is 0 Å². The van der Waals surface area contributed by atoms with Crippen LogP contribution in [0, 0.1) is 0 Å². The van der Waals surface area contributed by atoms with E-state index in [0.29, 0.717) is 0 Å². The third-order valence-electron chi connectivity index (χ3n) is 1.87. The third kappa shape index (κ3) is 2.36. The fourth-order valence-electron chi connectivity index (χ4n) is 1.18. The molecule has 5 nitrogen and oxygen atoms in total. The summed E-state index contributed by atoms with van der Waals surface area (Å²) < 4.78 is 29.5. The average molecular weight is 233 g/mol. The first-order valence-corrected chi connectivity index (χ1v) is 4.22. The number of aromatic hydroxyl groups is 1. The first-order chi connectivity index (χ1) is 7.47. The van der Waals surface area contributed by atoms with Crippen LogP contribution in [0.25, 0.3) is 0 Å². The Bertz CT molecular complexity index is 409. The number of carboxylic acid groups (broad SMARTS) is 1. The van der Waals surface area contributed by atoms with E-state index in [1.807, 2.05) is 0 Å². The Labute approximate surface area is 89.3 Å². The van der Waals surface area contributed by atoms with Crippen molar-refractivity contribution >= 4 is 5.97 Å². The van der Waals surface area contributed by atoms with Crippen LogP contribution in [0.15, 0.2) is 6.20 Å². The highest BCUT2D eigenvalue weighted by Gasteiger charge is 2.21. The number of pyridine rings is 1. The monoisotopic (exact) mass is 233 g/mol. The lowest BCUT2D eigenvalue weighted by atomic mass is 10.2. The predicted octanol–water partition coefficient (Wildman–Crippen LogP) is 1.36. The van der Waals surface area contributed by atoms with Gasteiger partial charge in [-0.2, -0.15) is 0 Å². The maximum absolute atomic E-state index is 12.4. The summed E-state index contributed by atoms with van der Waals surface area (Å²) in [5, 5.41) is 18.0. The van der Waals surface area contributed by atoms with Gasteiger partial charge in [-0.1, -0.05) is 0 Å². The Morgan fingerprint density at radius 3 is 2.69 bits per heavy atom. The van der Waals surface area contributed by atoms with E-state index in [1.54, 1.807) is 0 Å². The van der Waals surface area contributed by atoms with Crippen LogP contribution < -0.4 is 4.74 Å². The van der Waals surface area contributed by atoms with Gasteiger partial charge in [0.05, 0.1) is 24.8 Å². The van der Waals surface area contributed by atoms with Crippen LogP contribution in [-0.2, 0) is 11.2 Å². The summed E-state index contributed by atoms with van der Waals surface area (Å²) in [6.07, 6.45) is -2.63. The number of carboxylic acids is 1. The molecular formula is C9H9F2NO4. The Morgan fingerprint density at radius 1 is 1.62 bits per heavy atom. The van der Waals surface area contributed by atoms with Crippen molar-refractivity contribution in [3.05, 3.63) is 17.5 Å². The zero-order valence-electron chi connectivity index (χ0n) is 8.28. The average Bonchev–Trinajstić information content (AvgIpc) is 2.19. The molecule has 0 atom stereocenters. The number of rotatable bonds is 4. The zero-order chi connectivity index (χ0) is 12.3. The molecule has 0 aliphatic heterocycles. The number of hydrogen-bond acceptors (Lipinski definition) is 4. The lowest BCUT2D eigenvalue weighted by molar-refractivity contribution is -0.136. The summed E-state index contributed by atoms with van der Waals surface area (Å²) in [6, 6.07) is 0. The molecule has 0 bridgehead atoms. The normalized spacial score (nSPS) is 10.5. The summed E-state index contributed by atoms with van der Waals surface area (Å²) in [4.78, 5) is 13.9. The molecule has 0 amide bonds. The molecule has 0 aliphatic rings. The number of nitrogens with zero attached hydrogens (tertiary/aromatic N) is 1. The standard InChI is InChI=1S/C9H9F2NO4/c1-16-8-4(9(10)11)3-12-5(7(8)15)2-6(13)14/h3,9,15H,2H2,1H3,(H,13,14). The highest BCUT2D eigenvalue weighted by molar-refractivity contribution is 5.71. The summed E-state index contributed by atoms with van der Waals surface area (Å²) in [7, 11) is 1.10. The second-order valence-electron chi connectivity index (χ2n) is 2.91. The van der Waals surface area contributed by atoms with Gasteiger partial charge in [0.2, 0.25) is 0 Å². The molecule has 0 radical (unpaired) electrons. The van der Waals surface area contributed by atoms with Crippen molar-refractivity contribution in [3.63, 3.8) is 0 Å². The maximum Gasteiger partial charge on any atom is 0.309 e. The molecular weight excluding hydrogens is 224 g/mol. The minimum absolute atomic E-state index is 0.214. The molecule has 0 fully saturated rings. The largest absolute Gasteiger partial charge is 0.503 e. The molecule has 1 aromatic rings. The molecule has 1 rings (SSSR count). The van der Waals surface area contributed by atoms with Gasteiger partial charge in [0.15, 0.2) is 11.5 Å². The molecule has 0 aliphatic carbocycles. The lowest BCUT2D eigenvalue weighted by Crippen LogP contribution is -2.05. The Morgan fingerprint density at radius 2 is 2.25 bits per heavy atom. The molecule has 0 spiro atoms. The van der Waals surface area contributed by atoms with Crippen molar-refractivity contribution in [2.24, 2.45) is 0 Å². The molecule has 88 valence electrons. The van der Waals surface area contributed by atoms with Crippen LogP contribution in [0.4, 0.5) is 8.78 Å². The van der Waals surface area contributed by atoms with Crippen LogP contribution in [0.1, 0.15) is 17.7 Å². The SMILES string of the molecule is COc1c(C(F)F)cnc(CC(=O)O)c1O. The number of methoxy groups -OCH3 is 1. The van der Waals surface area contributed by atoms with Gasteiger partial charge in [0, 0.05) is 6.20 Å². The summed E-state index contributed by atoms with van der Waals surface area (Å²) in [5.74, 6) is -2.33. The summed E-state index contributed by atoms with van der Waals surface area (Å²) >= 11 is 0. The Kier molecular flexibility index (Phi) is 3.60. The van der Waals surface area contributed by atoms with Gasteiger partial charge < -0.3 is 14.9 Å². The van der Waals surface area contributed by atoms with Crippen molar-refractivity contribution in [1.82, 2.24) is 4.98 Å². The minimum atomic E-state index is -2.85. The molecule has 7 heteroatoms. The molecule has 0 aromatic carbocycles. The number of halogens is 2. The third-order valence-corrected chi connectivity index (χ3v) is 1.87.